The highest BCUT2D eigenvalue weighted by Gasteiger charge is 2.38. The molecular formula is C22H28ClN3O5S. The van der Waals surface area contributed by atoms with Gasteiger partial charge in [-0.05, 0) is 58.2 Å². The van der Waals surface area contributed by atoms with E-state index in [0.29, 0.717) is 34.9 Å². The summed E-state index contributed by atoms with van der Waals surface area (Å²) in [5.41, 5.74) is 2.28. The van der Waals surface area contributed by atoms with Crippen LogP contribution in [0.3, 0.4) is 0 Å². The molecule has 0 bridgehead atoms. The van der Waals surface area contributed by atoms with Crippen molar-refractivity contribution in [3.63, 3.8) is 0 Å². The number of carbonyl (C=O) groups excluding carboxylic acids is 2. The molecular weight excluding hydrogens is 454 g/mol. The van der Waals surface area contributed by atoms with Crippen LogP contribution in [0.5, 0.6) is 0 Å². The van der Waals surface area contributed by atoms with Crippen molar-refractivity contribution in [2.24, 2.45) is 5.92 Å². The molecule has 0 saturated carbocycles. The predicted octanol–water partition coefficient (Wildman–Crippen LogP) is 3.81. The third kappa shape index (κ3) is 4.84. The number of aromatic amines is 1. The molecule has 1 aromatic carbocycles. The number of halogens is 1. The second-order valence-electron chi connectivity index (χ2n) is 7.96. The van der Waals surface area contributed by atoms with Crippen LogP contribution in [-0.2, 0) is 19.6 Å². The van der Waals surface area contributed by atoms with Gasteiger partial charge >= 0.3 is 5.97 Å². The zero-order valence-corrected chi connectivity index (χ0v) is 20.2. The number of aromatic nitrogens is 1. The van der Waals surface area contributed by atoms with Crippen LogP contribution in [0.4, 0.5) is 5.69 Å². The molecule has 2 aromatic rings. The molecule has 2 N–H and O–H groups in total. The SMILES string of the molecule is CCOC(=O)c1c(C)[nH]c(C)c1S(=O)(=O)N1CCC[C@H](C(=O)Nc2ccc(C)c(Cl)c2)C1. The summed E-state index contributed by atoms with van der Waals surface area (Å²) in [6, 6.07) is 5.24. The summed E-state index contributed by atoms with van der Waals surface area (Å²) in [5, 5.41) is 3.37. The fourth-order valence-electron chi connectivity index (χ4n) is 3.95. The number of hydrogen-bond donors (Lipinski definition) is 2. The van der Waals surface area contributed by atoms with Crippen molar-refractivity contribution < 1.29 is 22.7 Å². The van der Waals surface area contributed by atoms with E-state index in [9.17, 15) is 18.0 Å². The Balaban J connectivity index is 1.83. The number of esters is 1. The first kappa shape index (κ1) is 24.3. The normalized spacial score (nSPS) is 17.2. The van der Waals surface area contributed by atoms with Crippen molar-refractivity contribution in [2.75, 3.05) is 25.0 Å². The lowest BCUT2D eigenvalue weighted by Crippen LogP contribution is -2.44. The van der Waals surface area contributed by atoms with Crippen LogP contribution < -0.4 is 5.32 Å². The summed E-state index contributed by atoms with van der Waals surface area (Å²) in [5.74, 6) is -1.47. The summed E-state index contributed by atoms with van der Waals surface area (Å²) in [7, 11) is -4.02. The van der Waals surface area contributed by atoms with E-state index in [0.717, 1.165) is 5.56 Å². The number of ether oxygens (including phenoxy) is 1. The van der Waals surface area contributed by atoms with Crippen LogP contribution in [0, 0.1) is 26.7 Å². The fraction of sp³-hybridized carbons (Fsp3) is 0.455. The minimum absolute atomic E-state index is 0.0187. The second kappa shape index (κ2) is 9.64. The quantitative estimate of drug-likeness (QED) is 0.610. The Labute approximate surface area is 193 Å². The largest absolute Gasteiger partial charge is 0.462 e. The number of anilines is 1. The zero-order valence-electron chi connectivity index (χ0n) is 18.6. The number of nitrogens with one attached hydrogen (secondary N) is 2. The molecule has 1 amide bonds. The molecule has 0 aliphatic carbocycles. The topological polar surface area (TPSA) is 109 Å². The maximum Gasteiger partial charge on any atom is 0.341 e. The molecule has 0 unspecified atom stereocenters. The Kier molecular flexibility index (Phi) is 7.32. The number of rotatable bonds is 6. The molecule has 0 spiro atoms. The van der Waals surface area contributed by atoms with Crippen molar-refractivity contribution in [1.82, 2.24) is 9.29 Å². The van der Waals surface area contributed by atoms with Crippen LogP contribution in [0.25, 0.3) is 0 Å². The molecule has 0 radical (unpaired) electrons. The molecule has 1 atom stereocenters. The van der Waals surface area contributed by atoms with E-state index in [1.165, 1.54) is 4.31 Å². The fourth-order valence-corrected chi connectivity index (χ4v) is 6.07. The Bertz CT molecular complexity index is 1140. The number of carbonyl (C=O) groups is 2. The lowest BCUT2D eigenvalue weighted by molar-refractivity contribution is -0.120. The number of H-pyrrole nitrogens is 1. The molecule has 174 valence electrons. The first-order valence-corrected chi connectivity index (χ1v) is 12.3. The number of piperidine rings is 1. The van der Waals surface area contributed by atoms with Gasteiger partial charge in [-0.25, -0.2) is 13.2 Å². The van der Waals surface area contributed by atoms with Gasteiger partial charge in [0.05, 0.1) is 12.5 Å². The van der Waals surface area contributed by atoms with Crippen molar-refractivity contribution in [3.8, 4) is 0 Å². The van der Waals surface area contributed by atoms with E-state index >= 15 is 0 Å². The van der Waals surface area contributed by atoms with E-state index in [2.05, 4.69) is 10.3 Å². The van der Waals surface area contributed by atoms with Crippen LogP contribution in [0.15, 0.2) is 23.1 Å². The lowest BCUT2D eigenvalue weighted by Gasteiger charge is -2.31. The first-order chi connectivity index (χ1) is 15.1. The molecule has 1 fully saturated rings. The Hall–Kier alpha value is -2.36. The van der Waals surface area contributed by atoms with Gasteiger partial charge in [0.1, 0.15) is 10.5 Å². The van der Waals surface area contributed by atoms with Gasteiger partial charge in [0.25, 0.3) is 0 Å². The minimum atomic E-state index is -4.02. The smallest absolute Gasteiger partial charge is 0.341 e. The van der Waals surface area contributed by atoms with Gasteiger partial charge in [0.15, 0.2) is 0 Å². The Morgan fingerprint density at radius 3 is 2.62 bits per heavy atom. The van der Waals surface area contributed by atoms with Gasteiger partial charge in [-0.15, -0.1) is 0 Å². The third-order valence-corrected chi connectivity index (χ3v) is 8.03. The standard InChI is InChI=1S/C22H28ClN3O5S/c1-5-31-22(28)19-14(3)24-15(4)20(19)32(29,30)26-10-6-7-16(12-26)21(27)25-17-9-8-13(2)18(23)11-17/h8-9,11,16,24H,5-7,10,12H2,1-4H3,(H,25,27)/t16-/m0/s1. The molecule has 10 heteroatoms. The van der Waals surface area contributed by atoms with E-state index in [4.69, 9.17) is 16.3 Å². The zero-order chi connectivity index (χ0) is 23.6. The average molecular weight is 482 g/mol. The van der Waals surface area contributed by atoms with E-state index in [-0.39, 0.29) is 36.1 Å². The Morgan fingerprint density at radius 2 is 1.97 bits per heavy atom. The highest BCUT2D eigenvalue weighted by atomic mass is 35.5. The summed E-state index contributed by atoms with van der Waals surface area (Å²) < 4.78 is 33.4. The number of nitrogens with zero attached hydrogens (tertiary/aromatic N) is 1. The van der Waals surface area contributed by atoms with Gasteiger partial charge in [-0.3, -0.25) is 4.79 Å². The maximum atomic E-state index is 13.5. The number of benzene rings is 1. The van der Waals surface area contributed by atoms with Gasteiger partial charge in [-0.2, -0.15) is 4.31 Å². The molecule has 1 aromatic heterocycles. The average Bonchev–Trinajstić information content (AvgIpc) is 3.05. The van der Waals surface area contributed by atoms with Crippen LogP contribution in [-0.4, -0.2) is 49.3 Å². The molecule has 2 heterocycles. The van der Waals surface area contributed by atoms with Crippen molar-refractivity contribution >= 4 is 39.2 Å². The van der Waals surface area contributed by atoms with Crippen LogP contribution in [0.2, 0.25) is 5.02 Å². The number of aryl methyl sites for hydroxylation is 3. The van der Waals surface area contributed by atoms with Crippen molar-refractivity contribution in [3.05, 3.63) is 45.7 Å². The van der Waals surface area contributed by atoms with Gasteiger partial charge in [-0.1, -0.05) is 17.7 Å². The highest BCUT2D eigenvalue weighted by molar-refractivity contribution is 7.89. The summed E-state index contributed by atoms with van der Waals surface area (Å²) >= 11 is 6.13. The van der Waals surface area contributed by atoms with E-state index in [1.807, 2.05) is 13.0 Å². The molecule has 1 aliphatic rings. The maximum absolute atomic E-state index is 13.5. The lowest BCUT2D eigenvalue weighted by atomic mass is 9.98. The van der Waals surface area contributed by atoms with Crippen molar-refractivity contribution in [2.45, 2.75) is 45.4 Å². The molecule has 1 saturated heterocycles. The van der Waals surface area contributed by atoms with Crippen molar-refractivity contribution in [1.29, 1.82) is 0 Å². The molecule has 32 heavy (non-hydrogen) atoms. The number of amides is 1. The number of sulfonamides is 1. The molecule has 3 rings (SSSR count). The summed E-state index contributed by atoms with van der Waals surface area (Å²) in [4.78, 5) is 28.2. The summed E-state index contributed by atoms with van der Waals surface area (Å²) in [6.45, 7) is 7.21. The van der Waals surface area contributed by atoms with Gasteiger partial charge in [0.2, 0.25) is 15.9 Å². The first-order valence-electron chi connectivity index (χ1n) is 10.5. The highest BCUT2D eigenvalue weighted by Crippen LogP contribution is 2.31. The van der Waals surface area contributed by atoms with Crippen LogP contribution in [0.1, 0.15) is 47.1 Å². The Morgan fingerprint density at radius 1 is 1.25 bits per heavy atom. The summed E-state index contributed by atoms with van der Waals surface area (Å²) in [6.07, 6.45) is 1.09. The number of hydrogen-bond acceptors (Lipinski definition) is 5. The van der Waals surface area contributed by atoms with E-state index < -0.39 is 21.9 Å². The predicted molar refractivity (Wildman–Crippen MR) is 123 cm³/mol. The second-order valence-corrected chi connectivity index (χ2v) is 10.2. The monoisotopic (exact) mass is 481 g/mol. The van der Waals surface area contributed by atoms with Gasteiger partial charge in [0, 0.05) is 35.2 Å². The van der Waals surface area contributed by atoms with Gasteiger partial charge < -0.3 is 15.0 Å². The van der Waals surface area contributed by atoms with Crippen LogP contribution >= 0.6 is 11.6 Å². The third-order valence-electron chi connectivity index (χ3n) is 5.59. The molecule has 1 aliphatic heterocycles. The minimum Gasteiger partial charge on any atom is -0.462 e. The molecule has 8 nitrogen and oxygen atoms in total. The van der Waals surface area contributed by atoms with E-state index in [1.54, 1.807) is 32.9 Å².